The van der Waals surface area contributed by atoms with Crippen molar-refractivity contribution in [1.29, 1.82) is 0 Å². The Hall–Kier alpha value is -2.05. The van der Waals surface area contributed by atoms with E-state index in [4.69, 9.17) is 23.2 Å². The van der Waals surface area contributed by atoms with Gasteiger partial charge in [0.25, 0.3) is 5.91 Å². The van der Waals surface area contributed by atoms with Gasteiger partial charge >= 0.3 is 5.97 Å². The quantitative estimate of drug-likeness (QED) is 0.720. The molecule has 1 aliphatic rings. The highest BCUT2D eigenvalue weighted by Crippen LogP contribution is 2.26. The second kappa shape index (κ2) is 9.05. The van der Waals surface area contributed by atoms with Gasteiger partial charge in [-0.1, -0.05) is 35.4 Å². The van der Waals surface area contributed by atoms with Gasteiger partial charge in [0.1, 0.15) is 12.1 Å². The normalized spacial score (nSPS) is 18.1. The number of benzene rings is 1. The molecule has 2 rings (SSSR count). The van der Waals surface area contributed by atoms with Gasteiger partial charge in [-0.15, -0.1) is 0 Å². The Morgan fingerprint density at radius 2 is 2.12 bits per heavy atom. The first-order valence-electron chi connectivity index (χ1n) is 8.25. The fraction of sp³-hybridized carbons (Fsp3) is 0.389. The summed E-state index contributed by atoms with van der Waals surface area (Å²) in [5.74, 6) is -1.99. The van der Waals surface area contributed by atoms with Gasteiger partial charge in [0, 0.05) is 11.6 Å². The molecule has 1 heterocycles. The topological polar surface area (TPSA) is 86.7 Å². The second-order valence-electron chi connectivity index (χ2n) is 5.98. The van der Waals surface area contributed by atoms with Gasteiger partial charge in [-0.05, 0) is 44.4 Å². The van der Waals surface area contributed by atoms with Crippen molar-refractivity contribution >= 4 is 41.0 Å². The van der Waals surface area contributed by atoms with Gasteiger partial charge in [0.2, 0.25) is 5.91 Å². The number of carboxylic acids is 1. The summed E-state index contributed by atoms with van der Waals surface area (Å²) in [5.41, 5.74) is 0.225. The minimum absolute atomic E-state index is 0.179. The van der Waals surface area contributed by atoms with Crippen LogP contribution >= 0.6 is 23.2 Å². The van der Waals surface area contributed by atoms with Gasteiger partial charge < -0.3 is 15.3 Å². The minimum atomic E-state index is -1.12. The number of carbonyl (C=O) groups excluding carboxylic acids is 2. The number of hydrogen-bond donors (Lipinski definition) is 2. The zero-order valence-corrected chi connectivity index (χ0v) is 15.8. The molecule has 0 bridgehead atoms. The van der Waals surface area contributed by atoms with E-state index in [-0.39, 0.29) is 17.0 Å². The van der Waals surface area contributed by atoms with Gasteiger partial charge in [-0.25, -0.2) is 4.79 Å². The van der Waals surface area contributed by atoms with Crippen LogP contribution < -0.4 is 5.32 Å². The molecule has 0 spiro atoms. The van der Waals surface area contributed by atoms with Crippen molar-refractivity contribution < 1.29 is 19.5 Å². The minimum Gasteiger partial charge on any atom is -0.480 e. The molecule has 1 aromatic rings. The maximum atomic E-state index is 12.8. The van der Waals surface area contributed by atoms with Crippen molar-refractivity contribution in [3.8, 4) is 0 Å². The summed E-state index contributed by atoms with van der Waals surface area (Å²) in [4.78, 5) is 38.1. The van der Waals surface area contributed by atoms with Crippen LogP contribution in [0.25, 0.3) is 0 Å². The Balaban J connectivity index is 2.15. The van der Waals surface area contributed by atoms with Gasteiger partial charge in [0.15, 0.2) is 0 Å². The maximum Gasteiger partial charge on any atom is 0.326 e. The summed E-state index contributed by atoms with van der Waals surface area (Å²) >= 11 is 12.0. The van der Waals surface area contributed by atoms with Gasteiger partial charge in [-0.2, -0.15) is 0 Å². The molecule has 1 fully saturated rings. The van der Waals surface area contributed by atoms with E-state index in [1.807, 2.05) is 0 Å². The SMILES string of the molecule is C/C=C/CC(NC(=O)C1CCCN1C(=O)c1cc(Cl)ccc1Cl)C(=O)O. The molecule has 0 aromatic heterocycles. The molecule has 0 radical (unpaired) electrons. The van der Waals surface area contributed by atoms with E-state index >= 15 is 0 Å². The van der Waals surface area contributed by atoms with Crippen molar-refractivity contribution in [2.24, 2.45) is 0 Å². The molecule has 140 valence electrons. The number of rotatable bonds is 6. The van der Waals surface area contributed by atoms with Gasteiger partial charge in [0.05, 0.1) is 10.6 Å². The average Bonchev–Trinajstić information content (AvgIpc) is 3.09. The van der Waals surface area contributed by atoms with Crippen molar-refractivity contribution in [2.45, 2.75) is 38.3 Å². The Bertz CT molecular complexity index is 736. The Morgan fingerprint density at radius 1 is 1.38 bits per heavy atom. The lowest BCUT2D eigenvalue weighted by atomic mass is 10.1. The predicted molar refractivity (Wildman–Crippen MR) is 99.5 cm³/mol. The molecule has 2 unspecified atom stereocenters. The summed E-state index contributed by atoms with van der Waals surface area (Å²) in [7, 11) is 0. The lowest BCUT2D eigenvalue weighted by Crippen LogP contribution is -2.50. The molecular weight excluding hydrogens is 379 g/mol. The number of amides is 2. The van der Waals surface area contributed by atoms with E-state index in [0.717, 1.165) is 0 Å². The number of aliphatic carboxylic acids is 1. The molecule has 8 heteroatoms. The summed E-state index contributed by atoms with van der Waals surface area (Å²) in [6.07, 6.45) is 4.68. The number of carbonyl (C=O) groups is 3. The molecule has 1 aliphatic heterocycles. The van der Waals surface area contributed by atoms with Crippen molar-refractivity contribution in [2.75, 3.05) is 6.54 Å². The molecule has 26 heavy (non-hydrogen) atoms. The summed E-state index contributed by atoms with van der Waals surface area (Å²) in [5, 5.41) is 12.4. The van der Waals surface area contributed by atoms with E-state index in [1.54, 1.807) is 25.1 Å². The first kappa shape index (κ1) is 20.3. The van der Waals surface area contributed by atoms with E-state index in [9.17, 15) is 19.5 Å². The molecule has 2 amide bonds. The summed E-state index contributed by atoms with van der Waals surface area (Å²) in [6, 6.07) is 2.80. The molecule has 1 saturated heterocycles. The van der Waals surface area contributed by atoms with Crippen LogP contribution in [0.4, 0.5) is 0 Å². The lowest BCUT2D eigenvalue weighted by Gasteiger charge is -2.25. The molecule has 6 nitrogen and oxygen atoms in total. The van der Waals surface area contributed by atoms with Crippen LogP contribution in [0.5, 0.6) is 0 Å². The second-order valence-corrected chi connectivity index (χ2v) is 6.83. The molecule has 2 atom stereocenters. The van der Waals surface area contributed by atoms with E-state index in [2.05, 4.69) is 5.32 Å². The summed E-state index contributed by atoms with van der Waals surface area (Å²) < 4.78 is 0. The third-order valence-electron chi connectivity index (χ3n) is 4.20. The number of likely N-dealkylation sites (tertiary alicyclic amines) is 1. The Labute approximate surface area is 161 Å². The van der Waals surface area contributed by atoms with Crippen LogP contribution in [0.15, 0.2) is 30.4 Å². The highest BCUT2D eigenvalue weighted by molar-refractivity contribution is 6.35. The van der Waals surface area contributed by atoms with Crippen LogP contribution in [0.2, 0.25) is 10.0 Å². The van der Waals surface area contributed by atoms with E-state index in [1.165, 1.54) is 17.0 Å². The van der Waals surface area contributed by atoms with Crippen LogP contribution in [0.3, 0.4) is 0 Å². The first-order chi connectivity index (χ1) is 12.3. The Morgan fingerprint density at radius 3 is 2.77 bits per heavy atom. The molecule has 0 saturated carbocycles. The summed E-state index contributed by atoms with van der Waals surface area (Å²) in [6.45, 7) is 2.17. The zero-order chi connectivity index (χ0) is 19.3. The molecular formula is C18H20Cl2N2O4. The number of carboxylic acid groups (broad SMARTS) is 1. The fourth-order valence-corrected chi connectivity index (χ4v) is 3.23. The van der Waals surface area contributed by atoms with E-state index < -0.39 is 29.9 Å². The average molecular weight is 399 g/mol. The molecule has 0 aliphatic carbocycles. The third kappa shape index (κ3) is 4.77. The number of halogens is 2. The predicted octanol–water partition coefficient (Wildman–Crippen LogP) is 3.13. The van der Waals surface area contributed by atoms with Crippen molar-refractivity contribution in [1.82, 2.24) is 10.2 Å². The van der Waals surface area contributed by atoms with Crippen LogP contribution in [0.1, 0.15) is 36.5 Å². The standard InChI is InChI=1S/C18H20Cl2N2O4/c1-2-3-5-14(18(25)26)21-16(23)15-6-4-9-22(15)17(24)12-10-11(19)7-8-13(12)20/h2-3,7-8,10,14-15H,4-6,9H2,1H3,(H,21,23)(H,25,26)/b3-2+. The van der Waals surface area contributed by atoms with Crippen molar-refractivity contribution in [3.63, 3.8) is 0 Å². The number of hydrogen-bond acceptors (Lipinski definition) is 3. The number of nitrogens with zero attached hydrogens (tertiary/aromatic N) is 1. The Kier molecular flexibility index (Phi) is 7.06. The van der Waals surface area contributed by atoms with Crippen molar-refractivity contribution in [3.05, 3.63) is 46.0 Å². The van der Waals surface area contributed by atoms with Crippen LogP contribution in [-0.4, -0.2) is 46.4 Å². The third-order valence-corrected chi connectivity index (χ3v) is 4.76. The van der Waals surface area contributed by atoms with Gasteiger partial charge in [-0.3, -0.25) is 9.59 Å². The largest absolute Gasteiger partial charge is 0.480 e. The van der Waals surface area contributed by atoms with Crippen LogP contribution in [-0.2, 0) is 9.59 Å². The highest BCUT2D eigenvalue weighted by Gasteiger charge is 2.36. The highest BCUT2D eigenvalue weighted by atomic mass is 35.5. The smallest absolute Gasteiger partial charge is 0.326 e. The van der Waals surface area contributed by atoms with E-state index in [0.29, 0.717) is 24.4 Å². The maximum absolute atomic E-state index is 12.8. The monoisotopic (exact) mass is 398 g/mol. The number of nitrogens with one attached hydrogen (secondary N) is 1. The van der Waals surface area contributed by atoms with Crippen LogP contribution in [0, 0.1) is 0 Å². The first-order valence-corrected chi connectivity index (χ1v) is 9.01. The zero-order valence-electron chi connectivity index (χ0n) is 14.2. The number of allylic oxidation sites excluding steroid dienone is 1. The fourth-order valence-electron chi connectivity index (χ4n) is 2.86. The molecule has 1 aromatic carbocycles. The molecule has 2 N–H and O–H groups in total. The lowest BCUT2D eigenvalue weighted by molar-refractivity contribution is -0.142.